The first-order valence-corrected chi connectivity index (χ1v) is 7.23. The summed E-state index contributed by atoms with van der Waals surface area (Å²) in [5.74, 6) is -0.156. The van der Waals surface area contributed by atoms with E-state index in [0.29, 0.717) is 0 Å². The number of hydrazone groups is 1. The van der Waals surface area contributed by atoms with Crippen molar-refractivity contribution >= 4 is 39.4 Å². The van der Waals surface area contributed by atoms with E-state index in [-0.39, 0.29) is 12.3 Å². The molecule has 0 aliphatic carbocycles. The summed E-state index contributed by atoms with van der Waals surface area (Å²) in [7, 11) is 0. The molecule has 0 bridgehead atoms. The summed E-state index contributed by atoms with van der Waals surface area (Å²) >= 11 is 5.05. The van der Waals surface area contributed by atoms with Gasteiger partial charge in [0, 0.05) is 26.6 Å². The zero-order chi connectivity index (χ0) is 13.7. The number of rotatable bonds is 4. The maximum absolute atomic E-state index is 11.6. The Labute approximate surface area is 123 Å². The van der Waals surface area contributed by atoms with Crippen molar-refractivity contribution in [3.63, 3.8) is 0 Å². The minimum Gasteiger partial charge on any atom is -0.273 e. The van der Waals surface area contributed by atoms with E-state index in [4.69, 9.17) is 0 Å². The van der Waals surface area contributed by atoms with Crippen LogP contribution in [-0.2, 0) is 11.2 Å². The lowest BCUT2D eigenvalue weighted by molar-refractivity contribution is -0.120. The molecule has 6 heteroatoms. The molecule has 0 fully saturated rings. The van der Waals surface area contributed by atoms with Crippen LogP contribution in [-0.4, -0.2) is 17.1 Å². The predicted molar refractivity (Wildman–Crippen MR) is 80.4 cm³/mol. The monoisotopic (exact) mass is 337 g/mol. The second-order valence-electron chi connectivity index (χ2n) is 3.88. The summed E-state index contributed by atoms with van der Waals surface area (Å²) in [4.78, 5) is 17.7. The molecule has 2 aromatic heterocycles. The summed E-state index contributed by atoms with van der Waals surface area (Å²) in [6.07, 6.45) is 5.27. The fourth-order valence-corrected chi connectivity index (χ4v) is 2.87. The van der Waals surface area contributed by atoms with Gasteiger partial charge in [-0.1, -0.05) is 6.07 Å². The summed E-state index contributed by atoms with van der Waals surface area (Å²) in [5.41, 5.74) is 3.37. The molecule has 2 aromatic rings. The molecule has 2 rings (SSSR count). The fourth-order valence-electron chi connectivity index (χ4n) is 1.44. The summed E-state index contributed by atoms with van der Waals surface area (Å²) in [6.45, 7) is 2.02. The number of amides is 1. The number of nitrogens with one attached hydrogen (secondary N) is 1. The van der Waals surface area contributed by atoms with Crippen molar-refractivity contribution < 1.29 is 4.79 Å². The molecule has 4 nitrogen and oxygen atoms in total. The van der Waals surface area contributed by atoms with Crippen LogP contribution in [0.25, 0.3) is 0 Å². The zero-order valence-corrected chi connectivity index (χ0v) is 12.7. The average Bonchev–Trinajstić information content (AvgIpc) is 2.70. The van der Waals surface area contributed by atoms with Crippen LogP contribution in [0.2, 0.25) is 0 Å². The van der Waals surface area contributed by atoms with Crippen molar-refractivity contribution in [3.8, 4) is 0 Å². The molecular weight excluding hydrogens is 326 g/mol. The third-order valence-electron chi connectivity index (χ3n) is 2.34. The Morgan fingerprint density at radius 1 is 1.63 bits per heavy atom. The fraction of sp³-hybridized carbons (Fsp3) is 0.154. The second kappa shape index (κ2) is 6.58. The third kappa shape index (κ3) is 4.25. The minimum atomic E-state index is -0.156. The molecule has 2 heterocycles. The smallest absolute Gasteiger partial charge is 0.244 e. The van der Waals surface area contributed by atoms with Gasteiger partial charge in [0.15, 0.2) is 0 Å². The first-order chi connectivity index (χ1) is 9.15. The van der Waals surface area contributed by atoms with E-state index in [0.717, 1.165) is 14.9 Å². The van der Waals surface area contributed by atoms with Crippen LogP contribution in [0.15, 0.2) is 40.2 Å². The number of halogens is 1. The van der Waals surface area contributed by atoms with Crippen molar-refractivity contribution in [2.75, 3.05) is 0 Å². The Hall–Kier alpha value is -1.53. The Balaban J connectivity index is 1.87. The largest absolute Gasteiger partial charge is 0.273 e. The molecule has 19 heavy (non-hydrogen) atoms. The summed E-state index contributed by atoms with van der Waals surface area (Å²) < 4.78 is 1.06. The minimum absolute atomic E-state index is 0.156. The van der Waals surface area contributed by atoms with Gasteiger partial charge in [-0.25, -0.2) is 5.43 Å². The molecule has 98 valence electrons. The Bertz CT molecular complexity index is 576. The maximum atomic E-state index is 11.6. The van der Waals surface area contributed by atoms with Gasteiger partial charge in [0.2, 0.25) is 5.91 Å². The lowest BCUT2D eigenvalue weighted by atomic mass is 10.2. The number of carbonyl (C=O) groups excluding carboxylic acids is 1. The quantitative estimate of drug-likeness (QED) is 0.688. The number of nitrogens with zero attached hydrogens (tertiary/aromatic N) is 2. The number of aromatic nitrogens is 1. The van der Waals surface area contributed by atoms with Crippen LogP contribution in [0.3, 0.4) is 0 Å². The Kier molecular flexibility index (Phi) is 4.81. The van der Waals surface area contributed by atoms with Crippen molar-refractivity contribution in [1.29, 1.82) is 0 Å². The van der Waals surface area contributed by atoms with E-state index < -0.39 is 0 Å². The molecular formula is C13H12BrN3OS. The van der Waals surface area contributed by atoms with E-state index in [2.05, 4.69) is 31.4 Å². The first-order valence-electron chi connectivity index (χ1n) is 5.62. The van der Waals surface area contributed by atoms with Gasteiger partial charge in [-0.3, -0.25) is 9.78 Å². The predicted octanol–water partition coefficient (Wildman–Crippen LogP) is 2.91. The van der Waals surface area contributed by atoms with E-state index >= 15 is 0 Å². The van der Waals surface area contributed by atoms with Crippen LogP contribution in [0, 0.1) is 6.92 Å². The highest BCUT2D eigenvalue weighted by molar-refractivity contribution is 9.10. The Morgan fingerprint density at radius 2 is 2.47 bits per heavy atom. The number of pyridine rings is 1. The standard InChI is InChI=1S/C13H12BrN3OS/c1-9-12(14)6-11(19-9)8-16-17-13(18)5-10-3-2-4-15-7-10/h2-4,6-8H,5H2,1H3,(H,17,18)/b16-8-. The molecule has 0 aromatic carbocycles. The number of carbonyl (C=O) groups is 1. The molecule has 0 saturated heterocycles. The van der Waals surface area contributed by atoms with E-state index in [1.807, 2.05) is 19.1 Å². The van der Waals surface area contributed by atoms with Gasteiger partial charge in [0.25, 0.3) is 0 Å². The summed E-state index contributed by atoms with van der Waals surface area (Å²) in [5, 5.41) is 3.94. The van der Waals surface area contributed by atoms with Gasteiger partial charge in [-0.05, 0) is 40.5 Å². The van der Waals surface area contributed by atoms with E-state index in [1.165, 1.54) is 4.88 Å². The molecule has 0 unspecified atom stereocenters. The maximum Gasteiger partial charge on any atom is 0.244 e. The van der Waals surface area contributed by atoms with Gasteiger partial charge in [0.1, 0.15) is 0 Å². The van der Waals surface area contributed by atoms with Crippen LogP contribution in [0.5, 0.6) is 0 Å². The van der Waals surface area contributed by atoms with Gasteiger partial charge in [-0.15, -0.1) is 11.3 Å². The Morgan fingerprint density at radius 3 is 3.11 bits per heavy atom. The second-order valence-corrected chi connectivity index (χ2v) is 6.03. The molecule has 0 aliphatic heterocycles. The van der Waals surface area contributed by atoms with Gasteiger partial charge in [-0.2, -0.15) is 5.10 Å². The molecule has 0 aliphatic rings. The molecule has 0 radical (unpaired) electrons. The van der Waals surface area contributed by atoms with Crippen LogP contribution >= 0.6 is 27.3 Å². The lowest BCUT2D eigenvalue weighted by Gasteiger charge is -1.98. The summed E-state index contributed by atoms with van der Waals surface area (Å²) in [6, 6.07) is 5.63. The van der Waals surface area contributed by atoms with Crippen LogP contribution in [0.1, 0.15) is 15.3 Å². The highest BCUT2D eigenvalue weighted by atomic mass is 79.9. The van der Waals surface area contributed by atoms with E-state index in [9.17, 15) is 4.79 Å². The highest BCUT2D eigenvalue weighted by Gasteiger charge is 2.02. The number of hydrogen-bond donors (Lipinski definition) is 1. The number of aryl methyl sites for hydroxylation is 1. The van der Waals surface area contributed by atoms with Crippen LogP contribution < -0.4 is 5.43 Å². The number of thiophene rings is 1. The molecule has 0 atom stereocenters. The van der Waals surface area contributed by atoms with Gasteiger partial charge in [0.05, 0.1) is 12.6 Å². The topological polar surface area (TPSA) is 54.4 Å². The number of hydrogen-bond acceptors (Lipinski definition) is 4. The molecule has 0 saturated carbocycles. The zero-order valence-electron chi connectivity index (χ0n) is 10.3. The van der Waals surface area contributed by atoms with Crippen molar-refractivity contribution in [2.45, 2.75) is 13.3 Å². The highest BCUT2D eigenvalue weighted by Crippen LogP contribution is 2.24. The van der Waals surface area contributed by atoms with Crippen LogP contribution in [0.4, 0.5) is 0 Å². The molecule has 0 spiro atoms. The van der Waals surface area contributed by atoms with Crippen molar-refractivity contribution in [2.24, 2.45) is 5.10 Å². The van der Waals surface area contributed by atoms with E-state index in [1.54, 1.807) is 36.0 Å². The first kappa shape index (κ1) is 13.9. The van der Waals surface area contributed by atoms with Crippen molar-refractivity contribution in [1.82, 2.24) is 10.4 Å². The van der Waals surface area contributed by atoms with Crippen molar-refractivity contribution in [3.05, 3.63) is 50.4 Å². The van der Waals surface area contributed by atoms with Gasteiger partial charge < -0.3 is 0 Å². The lowest BCUT2D eigenvalue weighted by Crippen LogP contribution is -2.19. The molecule has 1 amide bonds. The third-order valence-corrected chi connectivity index (χ3v) is 4.42. The average molecular weight is 338 g/mol. The normalized spacial score (nSPS) is 10.8. The molecule has 1 N–H and O–H groups in total. The SMILES string of the molecule is Cc1sc(/C=N\NC(=O)Cc2cccnc2)cc1Br. The van der Waals surface area contributed by atoms with Gasteiger partial charge >= 0.3 is 0 Å².